The van der Waals surface area contributed by atoms with E-state index in [1.807, 2.05) is 17.8 Å². The number of aromatic nitrogens is 2. The van der Waals surface area contributed by atoms with Crippen LogP contribution in [0.5, 0.6) is 0 Å². The molecule has 1 saturated carbocycles. The normalized spacial score (nSPS) is 16.8. The van der Waals surface area contributed by atoms with Gasteiger partial charge in [-0.05, 0) is 41.1 Å². The lowest BCUT2D eigenvalue weighted by Gasteiger charge is -2.16. The standard InChI is InChI=1S/C14H15BrClFN2S/c1-20-14(3-4-14)8-19-12-6-9(15)10(17)7-11(12)18-13(19)2-5-16/h6-7H,2-5,8H2,1H3. The lowest BCUT2D eigenvalue weighted by atomic mass is 10.3. The summed E-state index contributed by atoms with van der Waals surface area (Å²) in [4.78, 5) is 4.56. The topological polar surface area (TPSA) is 17.8 Å². The quantitative estimate of drug-likeness (QED) is 0.708. The first kappa shape index (κ1) is 14.7. The largest absolute Gasteiger partial charge is 0.327 e. The number of fused-ring (bicyclic) bond motifs is 1. The second-order valence-corrected chi connectivity index (χ2v) is 7.70. The summed E-state index contributed by atoms with van der Waals surface area (Å²) in [6.07, 6.45) is 5.33. The van der Waals surface area contributed by atoms with Crippen molar-refractivity contribution in [3.8, 4) is 0 Å². The van der Waals surface area contributed by atoms with E-state index in [9.17, 15) is 4.39 Å². The molecular weight excluding hydrogens is 363 g/mol. The van der Waals surface area contributed by atoms with E-state index in [4.69, 9.17) is 11.6 Å². The molecule has 108 valence electrons. The van der Waals surface area contributed by atoms with E-state index in [0.717, 1.165) is 17.9 Å². The van der Waals surface area contributed by atoms with Gasteiger partial charge in [-0.1, -0.05) is 0 Å². The maximum Gasteiger partial charge on any atom is 0.139 e. The number of hydrogen-bond acceptors (Lipinski definition) is 2. The van der Waals surface area contributed by atoms with Crippen molar-refractivity contribution in [1.29, 1.82) is 0 Å². The molecule has 3 rings (SSSR count). The van der Waals surface area contributed by atoms with Crippen molar-refractivity contribution >= 4 is 50.3 Å². The number of rotatable bonds is 5. The third-order valence-electron chi connectivity index (χ3n) is 3.87. The van der Waals surface area contributed by atoms with Crippen LogP contribution in [0.3, 0.4) is 0 Å². The van der Waals surface area contributed by atoms with Gasteiger partial charge in [0, 0.05) is 29.7 Å². The molecule has 2 nitrogen and oxygen atoms in total. The zero-order valence-electron chi connectivity index (χ0n) is 11.1. The minimum Gasteiger partial charge on any atom is -0.327 e. The monoisotopic (exact) mass is 376 g/mol. The first-order valence-electron chi connectivity index (χ1n) is 6.54. The number of imidazole rings is 1. The molecule has 0 aliphatic heterocycles. The zero-order valence-corrected chi connectivity index (χ0v) is 14.3. The van der Waals surface area contributed by atoms with E-state index in [0.29, 0.717) is 27.0 Å². The second kappa shape index (κ2) is 5.50. The van der Waals surface area contributed by atoms with Gasteiger partial charge < -0.3 is 4.57 Å². The third-order valence-corrected chi connectivity index (χ3v) is 6.07. The van der Waals surface area contributed by atoms with E-state index in [-0.39, 0.29) is 5.82 Å². The van der Waals surface area contributed by atoms with Gasteiger partial charge in [0.25, 0.3) is 0 Å². The molecule has 6 heteroatoms. The van der Waals surface area contributed by atoms with Crippen molar-refractivity contribution < 1.29 is 4.39 Å². The zero-order chi connectivity index (χ0) is 14.3. The Hall–Kier alpha value is -0.260. The molecule has 1 aliphatic rings. The highest BCUT2D eigenvalue weighted by molar-refractivity contribution is 9.10. The van der Waals surface area contributed by atoms with Crippen molar-refractivity contribution in [2.75, 3.05) is 12.1 Å². The second-order valence-electron chi connectivity index (χ2n) is 5.20. The van der Waals surface area contributed by atoms with Gasteiger partial charge in [0.2, 0.25) is 0 Å². The highest BCUT2D eigenvalue weighted by Crippen LogP contribution is 2.49. The number of benzene rings is 1. The van der Waals surface area contributed by atoms with Crippen LogP contribution < -0.4 is 0 Å². The van der Waals surface area contributed by atoms with Crippen LogP contribution in [0.2, 0.25) is 0 Å². The molecular formula is C14H15BrClFN2S. The van der Waals surface area contributed by atoms with Crippen LogP contribution in [0.25, 0.3) is 11.0 Å². The smallest absolute Gasteiger partial charge is 0.139 e. The molecule has 0 unspecified atom stereocenters. The third kappa shape index (κ3) is 2.60. The van der Waals surface area contributed by atoms with Crippen LogP contribution in [0, 0.1) is 5.82 Å². The summed E-state index contributed by atoms with van der Waals surface area (Å²) in [5.74, 6) is 1.21. The van der Waals surface area contributed by atoms with Crippen LogP contribution >= 0.6 is 39.3 Å². The molecule has 0 bridgehead atoms. The van der Waals surface area contributed by atoms with Crippen LogP contribution in [-0.2, 0) is 13.0 Å². The van der Waals surface area contributed by atoms with Crippen molar-refractivity contribution in [1.82, 2.24) is 9.55 Å². The molecule has 1 aromatic carbocycles. The van der Waals surface area contributed by atoms with E-state index < -0.39 is 0 Å². The fraction of sp³-hybridized carbons (Fsp3) is 0.500. The van der Waals surface area contributed by atoms with Gasteiger partial charge >= 0.3 is 0 Å². The lowest BCUT2D eigenvalue weighted by Crippen LogP contribution is -2.16. The number of thioether (sulfide) groups is 1. The minimum absolute atomic E-state index is 0.273. The Morgan fingerprint density at radius 1 is 1.50 bits per heavy atom. The van der Waals surface area contributed by atoms with Gasteiger partial charge in [-0.15, -0.1) is 11.6 Å². The summed E-state index contributed by atoms with van der Waals surface area (Å²) in [7, 11) is 0. The Morgan fingerprint density at radius 2 is 2.25 bits per heavy atom. The van der Waals surface area contributed by atoms with Gasteiger partial charge in [0.1, 0.15) is 11.6 Å². The summed E-state index contributed by atoms with van der Waals surface area (Å²) in [6, 6.07) is 3.32. The summed E-state index contributed by atoms with van der Waals surface area (Å²) < 4.78 is 16.7. The molecule has 1 aliphatic carbocycles. The number of hydrogen-bond donors (Lipinski definition) is 0. The first-order chi connectivity index (χ1) is 9.58. The highest BCUT2D eigenvalue weighted by Gasteiger charge is 2.42. The Kier molecular flexibility index (Phi) is 4.04. The molecule has 20 heavy (non-hydrogen) atoms. The number of nitrogens with zero attached hydrogens (tertiary/aromatic N) is 2. The molecule has 0 saturated heterocycles. The molecule has 0 spiro atoms. The summed E-state index contributed by atoms with van der Waals surface area (Å²) >= 11 is 11.1. The van der Waals surface area contributed by atoms with Crippen LogP contribution in [0.1, 0.15) is 18.7 Å². The Labute approximate surface area is 135 Å². The molecule has 0 N–H and O–H groups in total. The van der Waals surface area contributed by atoms with Crippen LogP contribution in [0.15, 0.2) is 16.6 Å². The first-order valence-corrected chi connectivity index (χ1v) is 9.09. The van der Waals surface area contributed by atoms with Crippen LogP contribution in [-0.4, -0.2) is 26.4 Å². The van der Waals surface area contributed by atoms with Gasteiger partial charge in [-0.25, -0.2) is 9.37 Å². The molecule has 2 aromatic rings. The SMILES string of the molecule is CSC1(Cn2c(CCCl)nc3cc(F)c(Br)cc32)CC1. The maximum absolute atomic E-state index is 13.7. The Bertz CT molecular complexity index is 654. The van der Waals surface area contributed by atoms with Gasteiger partial charge in [0.15, 0.2) is 0 Å². The molecule has 1 fully saturated rings. The van der Waals surface area contributed by atoms with Crippen molar-refractivity contribution in [3.63, 3.8) is 0 Å². The van der Waals surface area contributed by atoms with Gasteiger partial charge in [-0.2, -0.15) is 11.8 Å². The van der Waals surface area contributed by atoms with Gasteiger partial charge in [0.05, 0.1) is 15.5 Å². The van der Waals surface area contributed by atoms with Gasteiger partial charge in [-0.3, -0.25) is 0 Å². The number of aryl methyl sites for hydroxylation is 1. The average Bonchev–Trinajstić information content (AvgIpc) is 3.13. The fourth-order valence-corrected chi connectivity index (χ4v) is 3.75. The fourth-order valence-electron chi connectivity index (χ4n) is 2.48. The summed E-state index contributed by atoms with van der Waals surface area (Å²) in [5.41, 5.74) is 1.70. The molecule has 0 radical (unpaired) electrons. The van der Waals surface area contributed by atoms with Crippen molar-refractivity contribution in [2.45, 2.75) is 30.6 Å². The van der Waals surface area contributed by atoms with E-state index in [1.165, 1.54) is 18.9 Å². The number of alkyl halides is 1. The number of halogens is 3. The Balaban J connectivity index is 2.10. The summed E-state index contributed by atoms with van der Waals surface area (Å²) in [5, 5.41) is 0. The van der Waals surface area contributed by atoms with Crippen LogP contribution in [0.4, 0.5) is 4.39 Å². The molecule has 1 aromatic heterocycles. The van der Waals surface area contributed by atoms with E-state index >= 15 is 0 Å². The van der Waals surface area contributed by atoms with E-state index in [2.05, 4.69) is 31.7 Å². The average molecular weight is 378 g/mol. The van der Waals surface area contributed by atoms with Crippen molar-refractivity contribution in [3.05, 3.63) is 28.2 Å². The lowest BCUT2D eigenvalue weighted by molar-refractivity contribution is 0.622. The van der Waals surface area contributed by atoms with Crippen molar-refractivity contribution in [2.24, 2.45) is 0 Å². The maximum atomic E-state index is 13.7. The minimum atomic E-state index is -0.273. The predicted octanol–water partition coefficient (Wildman–Crippen LogP) is 4.61. The molecule has 1 heterocycles. The summed E-state index contributed by atoms with van der Waals surface area (Å²) in [6.45, 7) is 0.926. The highest BCUT2D eigenvalue weighted by atomic mass is 79.9. The molecule has 0 atom stereocenters. The Morgan fingerprint density at radius 3 is 2.85 bits per heavy atom. The predicted molar refractivity (Wildman–Crippen MR) is 87.3 cm³/mol. The molecule has 0 amide bonds. The van der Waals surface area contributed by atoms with E-state index in [1.54, 1.807) is 0 Å².